The maximum atomic E-state index is 12.7. The quantitative estimate of drug-likeness (QED) is 0.233. The Morgan fingerprint density at radius 2 is 1.56 bits per heavy atom. The lowest BCUT2D eigenvalue weighted by atomic mass is 10.1. The van der Waals surface area contributed by atoms with Crippen molar-refractivity contribution in [1.29, 1.82) is 0 Å². The van der Waals surface area contributed by atoms with E-state index in [-0.39, 0.29) is 0 Å². The lowest BCUT2D eigenvalue weighted by molar-refractivity contribution is -0.137. The molecule has 0 atom stereocenters. The van der Waals surface area contributed by atoms with Gasteiger partial charge in [-0.05, 0) is 41.8 Å². The van der Waals surface area contributed by atoms with Crippen LogP contribution in [0.15, 0.2) is 53.1 Å². The second-order valence-electron chi connectivity index (χ2n) is 8.03. The molecule has 1 heterocycles. The van der Waals surface area contributed by atoms with Gasteiger partial charge in [0.25, 0.3) is 0 Å². The molecule has 0 saturated carbocycles. The Morgan fingerprint density at radius 3 is 2.31 bits per heavy atom. The molecule has 0 bridgehead atoms. The van der Waals surface area contributed by atoms with Gasteiger partial charge < -0.3 is 4.42 Å². The first-order valence-corrected chi connectivity index (χ1v) is 11.3. The largest absolute Gasteiger partial charge is 0.463 e. The first kappa shape index (κ1) is 23.9. The Kier molecular flexibility index (Phi) is 8.81. The molecule has 1 radical (unpaired) electrons. The number of alkyl halides is 3. The predicted molar refractivity (Wildman–Crippen MR) is 122 cm³/mol. The van der Waals surface area contributed by atoms with E-state index in [9.17, 15) is 13.2 Å². The molecule has 0 aliphatic heterocycles. The zero-order valence-electron chi connectivity index (χ0n) is 18.5. The highest BCUT2D eigenvalue weighted by Crippen LogP contribution is 2.29. The number of hydrogen-bond acceptors (Lipinski definition) is 1. The van der Waals surface area contributed by atoms with Gasteiger partial charge in [0, 0.05) is 24.9 Å². The number of benzene rings is 2. The zero-order valence-corrected chi connectivity index (χ0v) is 18.5. The minimum absolute atomic E-state index is 0.368. The highest BCUT2D eigenvalue weighted by molar-refractivity contribution is 5.84. The average Bonchev–Trinajstić information content (AvgIpc) is 3.18. The highest BCUT2D eigenvalue weighted by Gasteiger charge is 2.29. The molecule has 0 fully saturated rings. The van der Waals surface area contributed by atoms with Crippen LogP contribution < -0.4 is 5.32 Å². The van der Waals surface area contributed by atoms with E-state index in [1.54, 1.807) is 6.26 Å². The van der Waals surface area contributed by atoms with E-state index >= 15 is 0 Å². The topological polar surface area (TPSA) is 27.2 Å². The van der Waals surface area contributed by atoms with Crippen LogP contribution in [0.3, 0.4) is 0 Å². The van der Waals surface area contributed by atoms with E-state index in [2.05, 4.69) is 24.1 Å². The normalized spacial score (nSPS) is 11.5. The molecule has 0 unspecified atom stereocenters. The minimum atomic E-state index is -4.31. The summed E-state index contributed by atoms with van der Waals surface area (Å²) in [5.74, 6) is 6.49. The molecule has 3 rings (SSSR count). The SMILES string of the molecule is CCCCCCCCC#Cc1coc2ccc(C[N]Cc3ccc(C(F)(F)F)cc3)cc12. The monoisotopic (exact) mass is 440 g/mol. The number of nitrogens with zero attached hydrogens (tertiary/aromatic N) is 1. The summed E-state index contributed by atoms with van der Waals surface area (Å²) in [6, 6.07) is 11.0. The van der Waals surface area contributed by atoms with Crippen LogP contribution in [0, 0.1) is 11.8 Å². The molecule has 0 N–H and O–H groups in total. The maximum Gasteiger partial charge on any atom is 0.416 e. The fraction of sp³-hybridized carbons (Fsp3) is 0.407. The number of fused-ring (bicyclic) bond motifs is 1. The van der Waals surface area contributed by atoms with Crippen LogP contribution in [0.4, 0.5) is 13.2 Å². The lowest BCUT2D eigenvalue weighted by Gasteiger charge is -2.08. The van der Waals surface area contributed by atoms with Gasteiger partial charge >= 0.3 is 6.18 Å². The van der Waals surface area contributed by atoms with Crippen LogP contribution in [0.25, 0.3) is 11.0 Å². The molecule has 169 valence electrons. The van der Waals surface area contributed by atoms with Gasteiger partial charge in [0.05, 0.1) is 11.1 Å². The predicted octanol–water partition coefficient (Wildman–Crippen LogP) is 7.86. The van der Waals surface area contributed by atoms with Crippen molar-refractivity contribution >= 4 is 11.0 Å². The number of hydrogen-bond donors (Lipinski definition) is 0. The Bertz CT molecular complexity index is 1040. The number of unbranched alkanes of at least 4 members (excludes halogenated alkanes) is 6. The van der Waals surface area contributed by atoms with Crippen molar-refractivity contribution in [1.82, 2.24) is 5.32 Å². The van der Waals surface area contributed by atoms with Gasteiger partial charge in [-0.1, -0.05) is 69.1 Å². The number of rotatable bonds is 10. The van der Waals surface area contributed by atoms with Crippen molar-refractivity contribution in [3.8, 4) is 11.8 Å². The first-order chi connectivity index (χ1) is 15.5. The third-order valence-corrected chi connectivity index (χ3v) is 5.39. The Balaban J connectivity index is 1.51. The molecule has 1 aromatic heterocycles. The standard InChI is InChI=1S/C27H29F3NO/c1-2-3-4-5-6-7-8-9-10-23-20-32-26-16-13-22(17-25(23)26)19-31-18-21-11-14-24(15-12-21)27(28,29)30/h11-17,20H,2-8,18-19H2,1H3. The Morgan fingerprint density at radius 1 is 0.875 bits per heavy atom. The van der Waals surface area contributed by atoms with Crippen LogP contribution >= 0.6 is 0 Å². The molecule has 3 aromatic rings. The van der Waals surface area contributed by atoms with E-state index in [0.717, 1.165) is 52.6 Å². The van der Waals surface area contributed by atoms with Crippen LogP contribution in [-0.2, 0) is 19.3 Å². The summed E-state index contributed by atoms with van der Waals surface area (Å²) in [4.78, 5) is 0. The van der Waals surface area contributed by atoms with Crippen molar-refractivity contribution in [2.75, 3.05) is 0 Å². The van der Waals surface area contributed by atoms with Crippen molar-refractivity contribution in [3.63, 3.8) is 0 Å². The van der Waals surface area contributed by atoms with Gasteiger partial charge in [-0.2, -0.15) is 13.2 Å². The molecule has 0 aliphatic carbocycles. The van der Waals surface area contributed by atoms with Crippen molar-refractivity contribution in [2.45, 2.75) is 71.1 Å². The molecule has 32 heavy (non-hydrogen) atoms. The summed E-state index contributed by atoms with van der Waals surface area (Å²) >= 11 is 0. The summed E-state index contributed by atoms with van der Waals surface area (Å²) < 4.78 is 43.6. The molecule has 0 spiro atoms. The highest BCUT2D eigenvalue weighted by atomic mass is 19.4. The molecular weight excluding hydrogens is 411 g/mol. The number of furan rings is 1. The van der Waals surface area contributed by atoms with E-state index in [1.165, 1.54) is 44.2 Å². The fourth-order valence-electron chi connectivity index (χ4n) is 3.54. The van der Waals surface area contributed by atoms with Crippen LogP contribution in [0.1, 0.15) is 74.1 Å². The minimum Gasteiger partial charge on any atom is -0.463 e. The summed E-state index contributed by atoms with van der Waals surface area (Å²) in [5, 5.41) is 5.47. The Hall–Kier alpha value is -2.71. The zero-order chi connectivity index (χ0) is 22.8. The second-order valence-corrected chi connectivity index (χ2v) is 8.03. The third kappa shape index (κ3) is 7.17. The van der Waals surface area contributed by atoms with E-state index < -0.39 is 11.7 Å². The molecule has 0 aliphatic rings. The molecule has 2 aromatic carbocycles. The lowest BCUT2D eigenvalue weighted by Crippen LogP contribution is -2.07. The van der Waals surface area contributed by atoms with Crippen LogP contribution in [0.2, 0.25) is 0 Å². The van der Waals surface area contributed by atoms with Gasteiger partial charge in [0.2, 0.25) is 0 Å². The van der Waals surface area contributed by atoms with E-state index in [4.69, 9.17) is 4.42 Å². The summed E-state index contributed by atoms with van der Waals surface area (Å²) in [7, 11) is 0. The summed E-state index contributed by atoms with van der Waals surface area (Å²) in [5.41, 5.74) is 2.81. The molecule has 5 heteroatoms. The van der Waals surface area contributed by atoms with Gasteiger partial charge in [-0.15, -0.1) is 0 Å². The van der Waals surface area contributed by atoms with Gasteiger partial charge in [0.15, 0.2) is 0 Å². The van der Waals surface area contributed by atoms with Crippen molar-refractivity contribution < 1.29 is 17.6 Å². The molecule has 0 saturated heterocycles. The smallest absolute Gasteiger partial charge is 0.416 e. The average molecular weight is 441 g/mol. The van der Waals surface area contributed by atoms with Crippen LogP contribution in [-0.4, -0.2) is 0 Å². The van der Waals surface area contributed by atoms with E-state index in [0.29, 0.717) is 13.1 Å². The number of halogens is 3. The van der Waals surface area contributed by atoms with Crippen molar-refractivity contribution in [3.05, 3.63) is 71.0 Å². The van der Waals surface area contributed by atoms with E-state index in [1.807, 2.05) is 18.2 Å². The first-order valence-electron chi connectivity index (χ1n) is 11.3. The molecule has 2 nitrogen and oxygen atoms in total. The van der Waals surface area contributed by atoms with Crippen LogP contribution in [0.5, 0.6) is 0 Å². The maximum absolute atomic E-state index is 12.7. The second kappa shape index (κ2) is 11.8. The fourth-order valence-corrected chi connectivity index (χ4v) is 3.54. The van der Waals surface area contributed by atoms with Gasteiger partial charge in [-0.3, -0.25) is 0 Å². The third-order valence-electron chi connectivity index (χ3n) is 5.39. The van der Waals surface area contributed by atoms with Gasteiger partial charge in [-0.25, -0.2) is 5.32 Å². The molecule has 0 amide bonds. The summed E-state index contributed by atoms with van der Waals surface area (Å²) in [6.07, 6.45) is 5.79. The Labute approximate surface area is 188 Å². The van der Waals surface area contributed by atoms with Crippen molar-refractivity contribution in [2.24, 2.45) is 0 Å². The summed E-state index contributed by atoms with van der Waals surface area (Å²) in [6.45, 7) is 3.07. The molecular formula is C27H29F3NO. The van der Waals surface area contributed by atoms with Gasteiger partial charge in [0.1, 0.15) is 11.8 Å².